The first-order valence-corrected chi connectivity index (χ1v) is 3.61. The maximum absolute atomic E-state index is 12.8. The van der Waals surface area contributed by atoms with E-state index in [2.05, 4.69) is 11.8 Å². The molecular formula is C10H6F2O. The van der Waals surface area contributed by atoms with Crippen LogP contribution in [0.2, 0.25) is 0 Å². The van der Waals surface area contributed by atoms with Crippen LogP contribution in [0.25, 0.3) is 0 Å². The second-order valence-electron chi connectivity index (χ2n) is 2.30. The van der Waals surface area contributed by atoms with Gasteiger partial charge in [-0.1, -0.05) is 11.8 Å². The van der Waals surface area contributed by atoms with Crippen LogP contribution in [-0.2, 0) is 4.79 Å². The number of hydrogen-bond donors (Lipinski definition) is 0. The fourth-order valence-electron chi connectivity index (χ4n) is 0.781. The van der Waals surface area contributed by atoms with Crippen LogP contribution >= 0.6 is 0 Å². The average molecular weight is 180 g/mol. The Balaban J connectivity index is 2.95. The Morgan fingerprint density at radius 2 is 2.15 bits per heavy atom. The molecule has 0 saturated heterocycles. The third kappa shape index (κ3) is 2.68. The highest BCUT2D eigenvalue weighted by atomic mass is 19.1. The molecule has 0 N–H and O–H groups in total. The topological polar surface area (TPSA) is 17.1 Å². The van der Waals surface area contributed by atoms with E-state index >= 15 is 0 Å². The van der Waals surface area contributed by atoms with Crippen LogP contribution in [0.3, 0.4) is 0 Å². The highest BCUT2D eigenvalue weighted by Gasteiger charge is 1.99. The Morgan fingerprint density at radius 1 is 1.38 bits per heavy atom. The molecule has 0 aliphatic heterocycles. The van der Waals surface area contributed by atoms with Crippen molar-refractivity contribution in [3.8, 4) is 11.8 Å². The van der Waals surface area contributed by atoms with Gasteiger partial charge in [-0.15, -0.1) is 0 Å². The minimum atomic E-state index is -0.584. The summed E-state index contributed by atoms with van der Waals surface area (Å²) < 4.78 is 25.4. The van der Waals surface area contributed by atoms with Crippen LogP contribution in [0, 0.1) is 23.5 Å². The van der Waals surface area contributed by atoms with Crippen molar-refractivity contribution in [1.29, 1.82) is 0 Å². The molecule has 0 fully saturated rings. The summed E-state index contributed by atoms with van der Waals surface area (Å²) in [4.78, 5) is 9.88. The van der Waals surface area contributed by atoms with Gasteiger partial charge in [0, 0.05) is 0 Å². The molecule has 1 aromatic rings. The summed E-state index contributed by atoms with van der Waals surface area (Å²) in [7, 11) is 0. The van der Waals surface area contributed by atoms with E-state index in [4.69, 9.17) is 0 Å². The normalized spacial score (nSPS) is 8.77. The molecule has 0 atom stereocenters. The molecule has 1 rings (SSSR count). The van der Waals surface area contributed by atoms with Crippen LogP contribution in [0.4, 0.5) is 8.78 Å². The number of halogens is 2. The van der Waals surface area contributed by atoms with Gasteiger partial charge in [0.15, 0.2) is 0 Å². The first kappa shape index (κ1) is 9.40. The molecule has 0 aliphatic rings. The molecule has 1 nitrogen and oxygen atoms in total. The zero-order valence-electron chi connectivity index (χ0n) is 6.68. The number of benzene rings is 1. The molecule has 0 heterocycles. The van der Waals surface area contributed by atoms with Gasteiger partial charge < -0.3 is 4.79 Å². The zero-order chi connectivity index (χ0) is 9.68. The third-order valence-corrected chi connectivity index (χ3v) is 1.34. The van der Waals surface area contributed by atoms with E-state index in [9.17, 15) is 13.6 Å². The average Bonchev–Trinajstić information content (AvgIpc) is 2.11. The molecule has 0 bridgehead atoms. The van der Waals surface area contributed by atoms with Crippen LogP contribution < -0.4 is 0 Å². The Hall–Kier alpha value is -1.69. The van der Waals surface area contributed by atoms with Crippen molar-refractivity contribution in [3.05, 3.63) is 35.4 Å². The van der Waals surface area contributed by atoms with Crippen molar-refractivity contribution in [1.82, 2.24) is 0 Å². The SMILES string of the molecule is O=CCC#Cc1cc(F)ccc1F. The molecule has 3 heteroatoms. The van der Waals surface area contributed by atoms with Gasteiger partial charge in [0.25, 0.3) is 0 Å². The number of carbonyl (C=O) groups is 1. The van der Waals surface area contributed by atoms with E-state index in [1.165, 1.54) is 0 Å². The Morgan fingerprint density at radius 3 is 2.85 bits per heavy atom. The van der Waals surface area contributed by atoms with E-state index in [-0.39, 0.29) is 12.0 Å². The fourth-order valence-corrected chi connectivity index (χ4v) is 0.781. The quantitative estimate of drug-likeness (QED) is 0.476. The van der Waals surface area contributed by atoms with E-state index < -0.39 is 11.6 Å². The summed E-state index contributed by atoms with van der Waals surface area (Å²) in [6.07, 6.45) is 0.625. The third-order valence-electron chi connectivity index (χ3n) is 1.34. The van der Waals surface area contributed by atoms with Crippen molar-refractivity contribution in [3.63, 3.8) is 0 Å². The number of hydrogen-bond acceptors (Lipinski definition) is 1. The van der Waals surface area contributed by atoms with E-state index in [1.54, 1.807) is 0 Å². The van der Waals surface area contributed by atoms with Crippen LogP contribution in [0.15, 0.2) is 18.2 Å². The van der Waals surface area contributed by atoms with Crippen LogP contribution in [0.5, 0.6) is 0 Å². The lowest BCUT2D eigenvalue weighted by Crippen LogP contribution is -1.85. The molecule has 0 spiro atoms. The molecule has 0 unspecified atom stereocenters. The van der Waals surface area contributed by atoms with Crippen molar-refractivity contribution in [2.75, 3.05) is 0 Å². The van der Waals surface area contributed by atoms with Gasteiger partial charge >= 0.3 is 0 Å². The molecule has 0 radical (unpaired) electrons. The molecule has 66 valence electrons. The van der Waals surface area contributed by atoms with Gasteiger partial charge in [0.05, 0.1) is 12.0 Å². The predicted molar refractivity (Wildman–Crippen MR) is 43.9 cm³/mol. The van der Waals surface area contributed by atoms with E-state index in [0.29, 0.717) is 6.29 Å². The summed E-state index contributed by atoms with van der Waals surface area (Å²) >= 11 is 0. The lowest BCUT2D eigenvalue weighted by Gasteiger charge is -1.92. The second-order valence-corrected chi connectivity index (χ2v) is 2.30. The van der Waals surface area contributed by atoms with Crippen molar-refractivity contribution >= 4 is 6.29 Å². The van der Waals surface area contributed by atoms with Gasteiger partial charge in [0.2, 0.25) is 0 Å². The zero-order valence-corrected chi connectivity index (χ0v) is 6.68. The van der Waals surface area contributed by atoms with Gasteiger partial charge in [-0.05, 0) is 18.2 Å². The molecule has 13 heavy (non-hydrogen) atoms. The summed E-state index contributed by atoms with van der Waals surface area (Å²) in [5.74, 6) is 3.62. The molecule has 0 amide bonds. The molecule has 0 aromatic heterocycles. The lowest BCUT2D eigenvalue weighted by molar-refractivity contribution is -0.107. The largest absolute Gasteiger partial charge is 0.302 e. The Bertz CT molecular complexity index is 374. The van der Waals surface area contributed by atoms with Crippen molar-refractivity contribution < 1.29 is 13.6 Å². The summed E-state index contributed by atoms with van der Waals surface area (Å²) in [6, 6.07) is 3.01. The summed E-state index contributed by atoms with van der Waals surface area (Å²) in [6.45, 7) is 0. The monoisotopic (exact) mass is 180 g/mol. The van der Waals surface area contributed by atoms with E-state index in [1.807, 2.05) is 0 Å². The number of rotatable bonds is 1. The standard InChI is InChI=1S/C10H6F2O/c11-9-4-5-10(12)8(7-9)3-1-2-6-13/h4-7H,2H2. The molecule has 0 saturated carbocycles. The van der Waals surface area contributed by atoms with Crippen LogP contribution in [0.1, 0.15) is 12.0 Å². The highest BCUT2D eigenvalue weighted by molar-refractivity contribution is 5.55. The number of carbonyl (C=O) groups excluding carboxylic acids is 1. The van der Waals surface area contributed by atoms with Crippen molar-refractivity contribution in [2.45, 2.75) is 6.42 Å². The summed E-state index contributed by atoms with van der Waals surface area (Å²) in [5.41, 5.74) is -0.0261. The lowest BCUT2D eigenvalue weighted by atomic mass is 10.2. The molecular weight excluding hydrogens is 174 g/mol. The number of aldehydes is 1. The van der Waals surface area contributed by atoms with Gasteiger partial charge in [-0.3, -0.25) is 0 Å². The minimum Gasteiger partial charge on any atom is -0.302 e. The smallest absolute Gasteiger partial charge is 0.139 e. The van der Waals surface area contributed by atoms with Crippen LogP contribution in [-0.4, -0.2) is 6.29 Å². The molecule has 1 aromatic carbocycles. The highest BCUT2D eigenvalue weighted by Crippen LogP contribution is 2.07. The van der Waals surface area contributed by atoms with Gasteiger partial charge in [-0.2, -0.15) is 0 Å². The fraction of sp³-hybridized carbons (Fsp3) is 0.100. The van der Waals surface area contributed by atoms with Crippen molar-refractivity contribution in [2.24, 2.45) is 0 Å². The first-order valence-electron chi connectivity index (χ1n) is 3.61. The van der Waals surface area contributed by atoms with E-state index in [0.717, 1.165) is 18.2 Å². The Labute approximate surface area is 74.4 Å². The predicted octanol–water partition coefficient (Wildman–Crippen LogP) is 1.91. The minimum absolute atomic E-state index is 0.0238. The Kier molecular flexibility index (Phi) is 3.15. The maximum atomic E-state index is 12.8. The van der Waals surface area contributed by atoms with Gasteiger partial charge in [0.1, 0.15) is 17.9 Å². The maximum Gasteiger partial charge on any atom is 0.139 e. The van der Waals surface area contributed by atoms with Gasteiger partial charge in [-0.25, -0.2) is 8.78 Å². The summed E-state index contributed by atoms with van der Waals surface area (Å²) in [5, 5.41) is 0. The first-order chi connectivity index (χ1) is 6.24. The second kappa shape index (κ2) is 4.36. The molecule has 0 aliphatic carbocycles.